The van der Waals surface area contributed by atoms with Gasteiger partial charge in [0.1, 0.15) is 0 Å². The third-order valence-electron chi connectivity index (χ3n) is 4.07. The van der Waals surface area contributed by atoms with Crippen molar-refractivity contribution in [2.45, 2.75) is 46.2 Å². The fourth-order valence-electron chi connectivity index (χ4n) is 2.76. The Morgan fingerprint density at radius 2 is 1.83 bits per heavy atom. The van der Waals surface area contributed by atoms with E-state index in [0.717, 1.165) is 13.1 Å². The molecule has 5 heteroatoms. The first kappa shape index (κ1) is 20.2. The fourth-order valence-corrected chi connectivity index (χ4v) is 2.76. The van der Waals surface area contributed by atoms with Crippen molar-refractivity contribution in [1.29, 1.82) is 0 Å². The van der Waals surface area contributed by atoms with Gasteiger partial charge in [-0.25, -0.2) is 4.99 Å². The summed E-state index contributed by atoms with van der Waals surface area (Å²) in [6.07, 6.45) is 4.03. The number of likely N-dealkylation sites (tertiary alicyclic amines) is 1. The van der Waals surface area contributed by atoms with Gasteiger partial charge < -0.3 is 11.1 Å². The van der Waals surface area contributed by atoms with Crippen LogP contribution >= 0.6 is 24.0 Å². The minimum absolute atomic E-state index is 0. The maximum absolute atomic E-state index is 5.93. The third-order valence-corrected chi connectivity index (χ3v) is 4.07. The van der Waals surface area contributed by atoms with E-state index in [9.17, 15) is 0 Å². The summed E-state index contributed by atoms with van der Waals surface area (Å²) in [6.45, 7) is 9.31. The summed E-state index contributed by atoms with van der Waals surface area (Å²) in [5.74, 6) is 1.11. The second-order valence-corrected chi connectivity index (χ2v) is 6.58. The molecule has 23 heavy (non-hydrogen) atoms. The van der Waals surface area contributed by atoms with Crippen molar-refractivity contribution in [2.24, 2.45) is 16.6 Å². The SMILES string of the molecule is CC(C)CNC(N)=NCc1ccccc1CN1CCCCC1.I. The van der Waals surface area contributed by atoms with Crippen LogP contribution in [0.1, 0.15) is 44.2 Å². The molecule has 0 amide bonds. The third kappa shape index (κ3) is 7.52. The zero-order valence-corrected chi connectivity index (χ0v) is 16.8. The molecule has 1 heterocycles. The minimum Gasteiger partial charge on any atom is -0.370 e. The van der Waals surface area contributed by atoms with Crippen LogP contribution in [0.15, 0.2) is 29.3 Å². The second kappa shape index (κ2) is 10.9. The molecular weight excluding hydrogens is 399 g/mol. The Hall–Kier alpha value is -0.820. The number of nitrogens with two attached hydrogens (primary N) is 1. The van der Waals surface area contributed by atoms with E-state index in [2.05, 4.69) is 53.3 Å². The van der Waals surface area contributed by atoms with Gasteiger partial charge in [-0.1, -0.05) is 44.5 Å². The summed E-state index contributed by atoms with van der Waals surface area (Å²) < 4.78 is 0. The van der Waals surface area contributed by atoms with Gasteiger partial charge in [0, 0.05) is 13.1 Å². The minimum atomic E-state index is 0. The van der Waals surface area contributed by atoms with E-state index in [1.165, 1.54) is 43.5 Å². The van der Waals surface area contributed by atoms with Crippen molar-refractivity contribution in [2.75, 3.05) is 19.6 Å². The molecule has 0 aromatic heterocycles. The van der Waals surface area contributed by atoms with Crippen LogP contribution in [0.3, 0.4) is 0 Å². The molecule has 0 radical (unpaired) electrons. The van der Waals surface area contributed by atoms with E-state index >= 15 is 0 Å². The standard InChI is InChI=1S/C18H30N4.HI/c1-15(2)12-20-18(19)21-13-16-8-4-5-9-17(16)14-22-10-6-3-7-11-22;/h4-5,8-9,15H,3,6-7,10-14H2,1-2H3,(H3,19,20,21);1H. The van der Waals surface area contributed by atoms with Crippen molar-refractivity contribution in [3.8, 4) is 0 Å². The number of nitrogens with zero attached hydrogens (tertiary/aromatic N) is 2. The van der Waals surface area contributed by atoms with Crippen molar-refractivity contribution >= 4 is 29.9 Å². The molecule has 1 aromatic carbocycles. The molecule has 130 valence electrons. The molecule has 1 aromatic rings. The highest BCUT2D eigenvalue weighted by Crippen LogP contribution is 2.16. The number of rotatable bonds is 6. The predicted octanol–water partition coefficient (Wildman–Crippen LogP) is 3.35. The number of hydrogen-bond donors (Lipinski definition) is 2. The Labute approximate surface area is 157 Å². The smallest absolute Gasteiger partial charge is 0.188 e. The molecule has 2 rings (SSSR count). The summed E-state index contributed by atoms with van der Waals surface area (Å²) in [5.41, 5.74) is 8.59. The maximum Gasteiger partial charge on any atom is 0.188 e. The first-order valence-corrected chi connectivity index (χ1v) is 8.48. The molecule has 0 spiro atoms. The number of piperidine rings is 1. The largest absolute Gasteiger partial charge is 0.370 e. The van der Waals surface area contributed by atoms with Crippen LogP contribution in [0.2, 0.25) is 0 Å². The van der Waals surface area contributed by atoms with Crippen LogP contribution in [0, 0.1) is 5.92 Å². The first-order valence-electron chi connectivity index (χ1n) is 8.48. The summed E-state index contributed by atoms with van der Waals surface area (Å²) in [6, 6.07) is 8.59. The van der Waals surface area contributed by atoms with Gasteiger partial charge in [-0.2, -0.15) is 0 Å². The molecule has 0 saturated carbocycles. The Morgan fingerprint density at radius 3 is 2.48 bits per heavy atom. The highest BCUT2D eigenvalue weighted by atomic mass is 127. The quantitative estimate of drug-likeness (QED) is 0.414. The zero-order valence-electron chi connectivity index (χ0n) is 14.4. The van der Waals surface area contributed by atoms with Crippen LogP contribution in [-0.4, -0.2) is 30.5 Å². The second-order valence-electron chi connectivity index (χ2n) is 6.58. The highest BCUT2D eigenvalue weighted by Gasteiger charge is 2.12. The lowest BCUT2D eigenvalue weighted by Gasteiger charge is -2.27. The lowest BCUT2D eigenvalue weighted by Crippen LogP contribution is -2.34. The number of hydrogen-bond acceptors (Lipinski definition) is 2. The fraction of sp³-hybridized carbons (Fsp3) is 0.611. The van der Waals surface area contributed by atoms with Gasteiger partial charge in [0.2, 0.25) is 0 Å². The van der Waals surface area contributed by atoms with Crippen LogP contribution in [0.25, 0.3) is 0 Å². The van der Waals surface area contributed by atoms with Gasteiger partial charge in [-0.3, -0.25) is 4.90 Å². The molecule has 1 aliphatic heterocycles. The Balaban J connectivity index is 0.00000264. The lowest BCUT2D eigenvalue weighted by atomic mass is 10.1. The number of guanidine groups is 1. The Morgan fingerprint density at radius 1 is 1.17 bits per heavy atom. The van der Waals surface area contributed by atoms with Crippen molar-refractivity contribution in [1.82, 2.24) is 10.2 Å². The van der Waals surface area contributed by atoms with Gasteiger partial charge in [0.05, 0.1) is 6.54 Å². The van der Waals surface area contributed by atoms with Crippen LogP contribution < -0.4 is 11.1 Å². The Bertz CT molecular complexity index is 482. The van der Waals surface area contributed by atoms with Crippen molar-refractivity contribution in [3.63, 3.8) is 0 Å². The molecule has 1 saturated heterocycles. The molecule has 1 aliphatic rings. The summed E-state index contributed by atoms with van der Waals surface area (Å²) in [5, 5.41) is 3.17. The average molecular weight is 430 g/mol. The number of benzene rings is 1. The van der Waals surface area contributed by atoms with Crippen LogP contribution in [-0.2, 0) is 13.1 Å². The van der Waals surface area contributed by atoms with Gasteiger partial charge in [-0.15, -0.1) is 24.0 Å². The molecular formula is C18H31IN4. The average Bonchev–Trinajstić information content (AvgIpc) is 2.53. The molecule has 0 atom stereocenters. The summed E-state index contributed by atoms with van der Waals surface area (Å²) in [4.78, 5) is 7.03. The zero-order chi connectivity index (χ0) is 15.8. The Kier molecular flexibility index (Phi) is 9.55. The molecule has 0 bridgehead atoms. The van der Waals surface area contributed by atoms with E-state index in [-0.39, 0.29) is 24.0 Å². The monoisotopic (exact) mass is 430 g/mol. The topological polar surface area (TPSA) is 53.6 Å². The van der Waals surface area contributed by atoms with E-state index < -0.39 is 0 Å². The van der Waals surface area contributed by atoms with Gasteiger partial charge in [0.15, 0.2) is 5.96 Å². The number of halogens is 1. The number of nitrogens with one attached hydrogen (secondary N) is 1. The van der Waals surface area contributed by atoms with Gasteiger partial charge in [0.25, 0.3) is 0 Å². The lowest BCUT2D eigenvalue weighted by molar-refractivity contribution is 0.220. The van der Waals surface area contributed by atoms with E-state index in [1.807, 2.05) is 0 Å². The van der Waals surface area contributed by atoms with Crippen molar-refractivity contribution in [3.05, 3.63) is 35.4 Å². The van der Waals surface area contributed by atoms with Crippen LogP contribution in [0.4, 0.5) is 0 Å². The maximum atomic E-state index is 5.93. The van der Waals surface area contributed by atoms with E-state index in [0.29, 0.717) is 18.4 Å². The summed E-state index contributed by atoms with van der Waals surface area (Å²) in [7, 11) is 0. The molecule has 4 nitrogen and oxygen atoms in total. The van der Waals surface area contributed by atoms with E-state index in [4.69, 9.17) is 5.73 Å². The first-order chi connectivity index (χ1) is 10.6. The molecule has 0 unspecified atom stereocenters. The van der Waals surface area contributed by atoms with Crippen LogP contribution in [0.5, 0.6) is 0 Å². The molecule has 1 fully saturated rings. The number of aliphatic imine (C=N–C) groups is 1. The molecule has 0 aliphatic carbocycles. The van der Waals surface area contributed by atoms with Gasteiger partial charge in [-0.05, 0) is 43.0 Å². The van der Waals surface area contributed by atoms with Crippen molar-refractivity contribution < 1.29 is 0 Å². The van der Waals surface area contributed by atoms with E-state index in [1.54, 1.807) is 0 Å². The van der Waals surface area contributed by atoms with Gasteiger partial charge >= 0.3 is 0 Å². The highest BCUT2D eigenvalue weighted by molar-refractivity contribution is 14.0. The molecule has 3 N–H and O–H groups in total. The normalized spacial score (nSPS) is 16.2. The predicted molar refractivity (Wildman–Crippen MR) is 109 cm³/mol. The summed E-state index contributed by atoms with van der Waals surface area (Å²) >= 11 is 0.